The fourth-order valence-corrected chi connectivity index (χ4v) is 3.38. The number of nitrogens with two attached hydrogens (primary N) is 1. The first-order valence-electron chi connectivity index (χ1n) is 8.85. The van der Waals surface area contributed by atoms with Crippen molar-refractivity contribution < 1.29 is 14.7 Å². The van der Waals surface area contributed by atoms with E-state index in [1.807, 2.05) is 29.2 Å². The van der Waals surface area contributed by atoms with E-state index in [0.29, 0.717) is 5.56 Å². The normalized spacial score (nSPS) is 21.7. The molecule has 140 valence electrons. The van der Waals surface area contributed by atoms with E-state index < -0.39 is 5.97 Å². The van der Waals surface area contributed by atoms with Gasteiger partial charge in [0.15, 0.2) is 0 Å². The summed E-state index contributed by atoms with van der Waals surface area (Å²) in [4.78, 5) is 20.8. The first-order chi connectivity index (χ1) is 12.5. The molecule has 4 N–H and O–H groups in total. The Morgan fingerprint density at radius 2 is 1.92 bits per heavy atom. The molecular formula is C18H25N5O3. The van der Waals surface area contributed by atoms with Gasteiger partial charge in [-0.05, 0) is 18.5 Å². The molecular weight excluding hydrogens is 334 g/mol. The number of nitrogens with one attached hydrogen (secondary N) is 1. The van der Waals surface area contributed by atoms with E-state index in [9.17, 15) is 4.79 Å². The first-order valence-corrected chi connectivity index (χ1v) is 8.85. The minimum Gasteiger partial charge on any atom is -0.480 e. The topological polar surface area (TPSA) is 115 Å². The lowest BCUT2D eigenvalue weighted by Crippen LogP contribution is -2.37. The van der Waals surface area contributed by atoms with Gasteiger partial charge >= 0.3 is 5.97 Å². The summed E-state index contributed by atoms with van der Waals surface area (Å²) in [5.41, 5.74) is 8.07. The van der Waals surface area contributed by atoms with Gasteiger partial charge in [-0.15, -0.1) is 0 Å². The smallest absolute Gasteiger partial charge is 0.317 e. The van der Waals surface area contributed by atoms with E-state index in [0.717, 1.165) is 56.8 Å². The molecule has 0 bridgehead atoms. The lowest BCUT2D eigenvalue weighted by atomic mass is 10.0. The number of hydrogen-bond donors (Lipinski definition) is 3. The summed E-state index contributed by atoms with van der Waals surface area (Å²) in [5, 5.41) is 20.6. The molecule has 2 heterocycles. The van der Waals surface area contributed by atoms with Gasteiger partial charge in [0.25, 0.3) is 0 Å². The molecule has 0 amide bonds. The minimum absolute atomic E-state index is 0.0171. The third-order valence-corrected chi connectivity index (χ3v) is 4.76. The van der Waals surface area contributed by atoms with E-state index in [1.54, 1.807) is 0 Å². The van der Waals surface area contributed by atoms with Gasteiger partial charge < -0.3 is 15.7 Å². The molecule has 1 fully saturated rings. The van der Waals surface area contributed by atoms with Crippen LogP contribution in [0, 0.1) is 5.41 Å². The number of amidine groups is 1. The Morgan fingerprint density at radius 1 is 1.23 bits per heavy atom. The van der Waals surface area contributed by atoms with Crippen molar-refractivity contribution in [1.82, 2.24) is 9.80 Å². The summed E-state index contributed by atoms with van der Waals surface area (Å²) < 4.78 is 0. The molecule has 0 aromatic heterocycles. The van der Waals surface area contributed by atoms with Crippen molar-refractivity contribution in [2.75, 3.05) is 39.3 Å². The number of benzene rings is 1. The zero-order chi connectivity index (χ0) is 18.5. The zero-order valence-corrected chi connectivity index (χ0v) is 14.7. The van der Waals surface area contributed by atoms with Crippen molar-refractivity contribution in [1.29, 1.82) is 5.41 Å². The molecule has 26 heavy (non-hydrogen) atoms. The highest BCUT2D eigenvalue weighted by Gasteiger charge is 2.26. The van der Waals surface area contributed by atoms with Gasteiger partial charge in [0, 0.05) is 38.2 Å². The predicted molar refractivity (Wildman–Crippen MR) is 98.6 cm³/mol. The number of hydrogen-bond acceptors (Lipinski definition) is 6. The summed E-state index contributed by atoms with van der Waals surface area (Å²) in [7, 11) is 0. The maximum Gasteiger partial charge on any atom is 0.317 e. The maximum atomic E-state index is 10.9. The summed E-state index contributed by atoms with van der Waals surface area (Å²) >= 11 is 0. The molecule has 0 radical (unpaired) electrons. The van der Waals surface area contributed by atoms with Crippen molar-refractivity contribution in [3.05, 3.63) is 35.4 Å². The van der Waals surface area contributed by atoms with Crippen LogP contribution in [-0.2, 0) is 9.63 Å². The number of oxime groups is 1. The average molecular weight is 359 g/mol. The van der Waals surface area contributed by atoms with E-state index >= 15 is 0 Å². The van der Waals surface area contributed by atoms with Gasteiger partial charge in [0.1, 0.15) is 11.9 Å². The molecule has 8 heteroatoms. The van der Waals surface area contributed by atoms with Crippen LogP contribution in [0.3, 0.4) is 0 Å². The van der Waals surface area contributed by atoms with E-state index in [-0.39, 0.29) is 18.5 Å². The van der Waals surface area contributed by atoms with E-state index in [2.05, 4.69) is 10.1 Å². The second-order valence-electron chi connectivity index (χ2n) is 6.78. The molecule has 1 saturated heterocycles. The highest BCUT2D eigenvalue weighted by atomic mass is 16.6. The van der Waals surface area contributed by atoms with Crippen LogP contribution in [0.5, 0.6) is 0 Å². The lowest BCUT2D eigenvalue weighted by molar-refractivity contribution is -0.138. The van der Waals surface area contributed by atoms with Crippen LogP contribution in [0.25, 0.3) is 0 Å². The SMILES string of the molecule is N=C(N)c1ccc(C2=NO[C@H](CN3CCCN(CC(=O)O)CC3)C2)cc1. The van der Waals surface area contributed by atoms with Gasteiger partial charge in [-0.2, -0.15) is 0 Å². The molecule has 1 aromatic rings. The predicted octanol–water partition coefficient (Wildman–Crippen LogP) is 0.556. The summed E-state index contributed by atoms with van der Waals surface area (Å²) in [6, 6.07) is 7.47. The van der Waals surface area contributed by atoms with E-state index in [1.165, 1.54) is 0 Å². The average Bonchev–Trinajstić information content (AvgIpc) is 2.96. The molecule has 8 nitrogen and oxygen atoms in total. The second kappa shape index (κ2) is 8.29. The number of aliphatic carboxylic acids is 1. The number of nitrogens with zero attached hydrogens (tertiary/aromatic N) is 3. The van der Waals surface area contributed by atoms with Crippen molar-refractivity contribution in [2.24, 2.45) is 10.9 Å². The summed E-state index contributed by atoms with van der Waals surface area (Å²) in [6.45, 7) is 4.27. The Kier molecular flexibility index (Phi) is 5.85. The zero-order valence-electron chi connectivity index (χ0n) is 14.7. The standard InChI is InChI=1S/C18H25N5O3/c19-18(20)14-4-2-13(3-5-14)16-10-15(26-21-16)11-22-6-1-7-23(9-8-22)12-17(24)25/h2-5,15H,1,6-12H2,(H3,19,20)(H,24,25)/t15-/m0/s1. The Labute approximate surface area is 152 Å². The molecule has 0 unspecified atom stereocenters. The Bertz CT molecular complexity index is 689. The molecule has 1 aromatic carbocycles. The molecule has 0 spiro atoms. The van der Waals surface area contributed by atoms with Crippen LogP contribution < -0.4 is 5.73 Å². The van der Waals surface area contributed by atoms with Gasteiger partial charge in [0.2, 0.25) is 0 Å². The second-order valence-corrected chi connectivity index (χ2v) is 6.78. The highest BCUT2D eigenvalue weighted by molar-refractivity contribution is 6.02. The van der Waals surface area contributed by atoms with Gasteiger partial charge in [0.05, 0.1) is 12.3 Å². The summed E-state index contributed by atoms with van der Waals surface area (Å²) in [5.74, 6) is -0.719. The van der Waals surface area contributed by atoms with Crippen LogP contribution in [0.2, 0.25) is 0 Å². The van der Waals surface area contributed by atoms with Crippen molar-refractivity contribution >= 4 is 17.5 Å². The molecule has 3 rings (SSSR count). The number of carboxylic acid groups (broad SMARTS) is 1. The van der Waals surface area contributed by atoms with Gasteiger partial charge in [-0.25, -0.2) is 0 Å². The molecule has 2 aliphatic rings. The van der Waals surface area contributed by atoms with Crippen LogP contribution >= 0.6 is 0 Å². The Hall–Kier alpha value is -2.45. The van der Waals surface area contributed by atoms with E-state index in [4.69, 9.17) is 21.1 Å². The van der Waals surface area contributed by atoms with Crippen molar-refractivity contribution in [3.8, 4) is 0 Å². The molecule has 0 saturated carbocycles. The third-order valence-electron chi connectivity index (χ3n) is 4.76. The Balaban J connectivity index is 1.49. The number of carboxylic acids is 1. The fraction of sp³-hybridized carbons (Fsp3) is 0.500. The molecule has 2 aliphatic heterocycles. The Morgan fingerprint density at radius 3 is 2.62 bits per heavy atom. The highest BCUT2D eigenvalue weighted by Crippen LogP contribution is 2.19. The molecule has 1 atom stereocenters. The minimum atomic E-state index is -0.772. The monoisotopic (exact) mass is 359 g/mol. The van der Waals surface area contributed by atoms with Crippen molar-refractivity contribution in [3.63, 3.8) is 0 Å². The maximum absolute atomic E-state index is 10.9. The number of carbonyl (C=O) groups is 1. The van der Waals surface area contributed by atoms with Gasteiger partial charge in [-0.1, -0.05) is 29.4 Å². The van der Waals surface area contributed by atoms with Gasteiger partial charge in [-0.3, -0.25) is 20.0 Å². The summed E-state index contributed by atoms with van der Waals surface area (Å²) in [6.07, 6.45) is 1.72. The van der Waals surface area contributed by atoms with Crippen LogP contribution in [0.4, 0.5) is 0 Å². The first kappa shape index (κ1) is 18.3. The lowest BCUT2D eigenvalue weighted by Gasteiger charge is -2.22. The largest absolute Gasteiger partial charge is 0.480 e. The molecule has 0 aliphatic carbocycles. The van der Waals surface area contributed by atoms with Crippen molar-refractivity contribution in [2.45, 2.75) is 18.9 Å². The number of nitrogen functional groups attached to an aromatic ring is 1. The fourth-order valence-electron chi connectivity index (χ4n) is 3.38. The van der Waals surface area contributed by atoms with Crippen LogP contribution in [-0.4, -0.2) is 77.8 Å². The third kappa shape index (κ3) is 4.80. The number of rotatable bonds is 6. The van der Waals surface area contributed by atoms with Crippen LogP contribution in [0.1, 0.15) is 24.0 Å². The quantitative estimate of drug-likeness (QED) is 0.505. The van der Waals surface area contributed by atoms with Crippen LogP contribution in [0.15, 0.2) is 29.4 Å².